The van der Waals surface area contributed by atoms with Gasteiger partial charge in [0.25, 0.3) is 0 Å². The first-order valence-corrected chi connectivity index (χ1v) is 5.42. The van der Waals surface area contributed by atoms with Crippen molar-refractivity contribution in [2.24, 2.45) is 0 Å². The molecule has 106 valence electrons. The van der Waals surface area contributed by atoms with E-state index >= 15 is 0 Å². The maximum atomic E-state index is 11.8. The Morgan fingerprint density at radius 2 is 1.94 bits per heavy atom. The number of hydrogen-bond donors (Lipinski definition) is 1. The molecule has 0 atom stereocenters. The van der Waals surface area contributed by atoms with Gasteiger partial charge in [0.05, 0.1) is 19.6 Å². The van der Waals surface area contributed by atoms with E-state index in [4.69, 9.17) is 0 Å². The summed E-state index contributed by atoms with van der Waals surface area (Å²) >= 11 is 0. The molecule has 0 aromatic carbocycles. The van der Waals surface area contributed by atoms with Gasteiger partial charge in [-0.25, -0.2) is 0 Å². The summed E-state index contributed by atoms with van der Waals surface area (Å²) in [5.74, 6) is -1.14. The SMILES string of the molecule is CCOC(=O)CCN(C)CC(=O)NCC(F)(F)F. The highest BCUT2D eigenvalue weighted by molar-refractivity contribution is 5.78. The summed E-state index contributed by atoms with van der Waals surface area (Å²) < 4.78 is 40.1. The van der Waals surface area contributed by atoms with Crippen LogP contribution in [-0.4, -0.2) is 56.2 Å². The van der Waals surface area contributed by atoms with Gasteiger partial charge in [-0.15, -0.1) is 0 Å². The number of amides is 1. The lowest BCUT2D eigenvalue weighted by molar-refractivity contribution is -0.143. The Kier molecular flexibility index (Phi) is 7.33. The monoisotopic (exact) mass is 270 g/mol. The number of esters is 1. The van der Waals surface area contributed by atoms with Crippen LogP contribution in [0, 0.1) is 0 Å². The van der Waals surface area contributed by atoms with Crippen molar-refractivity contribution in [2.45, 2.75) is 19.5 Å². The van der Waals surface area contributed by atoms with Crippen molar-refractivity contribution in [3.8, 4) is 0 Å². The molecule has 0 saturated heterocycles. The largest absolute Gasteiger partial charge is 0.466 e. The summed E-state index contributed by atoms with van der Waals surface area (Å²) in [6.07, 6.45) is -4.32. The van der Waals surface area contributed by atoms with Gasteiger partial charge in [0.15, 0.2) is 0 Å². The Hall–Kier alpha value is -1.31. The number of halogens is 3. The smallest absolute Gasteiger partial charge is 0.405 e. The summed E-state index contributed by atoms with van der Waals surface area (Å²) in [4.78, 5) is 23.5. The predicted octanol–water partition coefficient (Wildman–Crippen LogP) is 0.550. The Labute approximate surface area is 103 Å². The first-order valence-electron chi connectivity index (χ1n) is 5.42. The lowest BCUT2D eigenvalue weighted by Crippen LogP contribution is -2.40. The van der Waals surface area contributed by atoms with Gasteiger partial charge in [-0.2, -0.15) is 13.2 Å². The molecule has 1 amide bonds. The second kappa shape index (κ2) is 7.91. The van der Waals surface area contributed by atoms with Crippen molar-refractivity contribution in [1.82, 2.24) is 10.2 Å². The Balaban J connectivity index is 3.77. The highest BCUT2D eigenvalue weighted by Gasteiger charge is 2.27. The van der Waals surface area contributed by atoms with Crippen LogP contribution in [-0.2, 0) is 14.3 Å². The van der Waals surface area contributed by atoms with E-state index in [2.05, 4.69) is 4.74 Å². The standard InChI is InChI=1S/C10H17F3N2O3/c1-3-18-9(17)4-5-15(2)6-8(16)14-7-10(11,12)13/h3-7H2,1-2H3,(H,14,16). The van der Waals surface area contributed by atoms with Gasteiger partial charge in [0.2, 0.25) is 5.91 Å². The number of ether oxygens (including phenoxy) is 1. The van der Waals surface area contributed by atoms with Crippen molar-refractivity contribution < 1.29 is 27.5 Å². The summed E-state index contributed by atoms with van der Waals surface area (Å²) in [6, 6.07) is 0. The summed E-state index contributed by atoms with van der Waals surface area (Å²) in [7, 11) is 1.53. The number of rotatable bonds is 7. The Bertz CT molecular complexity index is 282. The molecule has 0 rings (SSSR count). The molecule has 5 nitrogen and oxygen atoms in total. The van der Waals surface area contributed by atoms with Crippen molar-refractivity contribution in [2.75, 3.05) is 33.3 Å². The number of carbonyl (C=O) groups is 2. The summed E-state index contributed by atoms with van der Waals surface area (Å²) in [5.41, 5.74) is 0. The minimum Gasteiger partial charge on any atom is -0.466 e. The van der Waals surface area contributed by atoms with Gasteiger partial charge < -0.3 is 10.1 Å². The van der Waals surface area contributed by atoms with Gasteiger partial charge in [-0.3, -0.25) is 14.5 Å². The fourth-order valence-electron chi connectivity index (χ4n) is 1.09. The molecule has 0 spiro atoms. The van der Waals surface area contributed by atoms with Crippen molar-refractivity contribution in [1.29, 1.82) is 0 Å². The van der Waals surface area contributed by atoms with Crippen LogP contribution in [0.2, 0.25) is 0 Å². The molecular weight excluding hydrogens is 253 g/mol. The highest BCUT2D eigenvalue weighted by Crippen LogP contribution is 2.11. The molecule has 0 bridgehead atoms. The van der Waals surface area contributed by atoms with E-state index in [1.54, 1.807) is 12.2 Å². The third-order valence-electron chi connectivity index (χ3n) is 1.90. The normalized spacial score (nSPS) is 11.4. The lowest BCUT2D eigenvalue weighted by Gasteiger charge is -2.16. The second-order valence-electron chi connectivity index (χ2n) is 3.68. The van der Waals surface area contributed by atoms with E-state index in [1.807, 2.05) is 0 Å². The maximum absolute atomic E-state index is 11.8. The molecule has 0 saturated carbocycles. The lowest BCUT2D eigenvalue weighted by atomic mass is 10.4. The van der Waals surface area contributed by atoms with Gasteiger partial charge in [-0.05, 0) is 14.0 Å². The number of nitrogens with one attached hydrogen (secondary N) is 1. The van der Waals surface area contributed by atoms with Crippen LogP contribution in [0.25, 0.3) is 0 Å². The molecule has 0 radical (unpaired) electrons. The molecule has 0 fully saturated rings. The van der Waals surface area contributed by atoms with Crippen molar-refractivity contribution in [3.05, 3.63) is 0 Å². The van der Waals surface area contributed by atoms with E-state index in [0.29, 0.717) is 0 Å². The van der Waals surface area contributed by atoms with E-state index in [1.165, 1.54) is 11.9 Å². The first-order chi connectivity index (χ1) is 8.24. The zero-order chi connectivity index (χ0) is 14.2. The van der Waals surface area contributed by atoms with E-state index in [0.717, 1.165) is 0 Å². The topological polar surface area (TPSA) is 58.6 Å². The maximum Gasteiger partial charge on any atom is 0.405 e. The molecule has 0 aliphatic rings. The molecule has 18 heavy (non-hydrogen) atoms. The van der Waals surface area contributed by atoms with Crippen molar-refractivity contribution in [3.63, 3.8) is 0 Å². The van der Waals surface area contributed by atoms with Gasteiger partial charge in [0.1, 0.15) is 6.54 Å². The molecular formula is C10H17F3N2O3. The van der Waals surface area contributed by atoms with Crippen LogP contribution in [0.5, 0.6) is 0 Å². The van der Waals surface area contributed by atoms with Crippen molar-refractivity contribution >= 4 is 11.9 Å². The minimum absolute atomic E-state index is 0.0941. The Morgan fingerprint density at radius 1 is 1.33 bits per heavy atom. The Morgan fingerprint density at radius 3 is 2.44 bits per heavy atom. The van der Waals surface area contributed by atoms with E-state index < -0.39 is 24.6 Å². The average Bonchev–Trinajstić information content (AvgIpc) is 2.23. The van der Waals surface area contributed by atoms with E-state index in [-0.39, 0.29) is 26.1 Å². The molecule has 0 heterocycles. The molecule has 8 heteroatoms. The van der Waals surface area contributed by atoms with E-state index in [9.17, 15) is 22.8 Å². The molecule has 0 aromatic heterocycles. The van der Waals surface area contributed by atoms with Crippen LogP contribution < -0.4 is 5.32 Å². The molecule has 0 unspecified atom stereocenters. The minimum atomic E-state index is -4.42. The fraction of sp³-hybridized carbons (Fsp3) is 0.800. The number of nitrogens with zero attached hydrogens (tertiary/aromatic N) is 1. The fourth-order valence-corrected chi connectivity index (χ4v) is 1.09. The predicted molar refractivity (Wildman–Crippen MR) is 57.8 cm³/mol. The highest BCUT2D eigenvalue weighted by atomic mass is 19.4. The van der Waals surface area contributed by atoms with Crippen LogP contribution in [0.3, 0.4) is 0 Å². The molecule has 0 aromatic rings. The van der Waals surface area contributed by atoms with Crippen LogP contribution in [0.15, 0.2) is 0 Å². The number of likely N-dealkylation sites (N-methyl/N-ethyl adjacent to an activating group) is 1. The van der Waals surface area contributed by atoms with Gasteiger partial charge in [0, 0.05) is 6.54 Å². The molecule has 0 aliphatic heterocycles. The van der Waals surface area contributed by atoms with Crippen LogP contribution >= 0.6 is 0 Å². The zero-order valence-corrected chi connectivity index (χ0v) is 10.3. The van der Waals surface area contributed by atoms with Crippen LogP contribution in [0.1, 0.15) is 13.3 Å². The van der Waals surface area contributed by atoms with Crippen LogP contribution in [0.4, 0.5) is 13.2 Å². The third-order valence-corrected chi connectivity index (χ3v) is 1.90. The molecule has 0 aliphatic carbocycles. The van der Waals surface area contributed by atoms with Gasteiger partial charge >= 0.3 is 12.1 Å². The third kappa shape index (κ3) is 9.88. The second-order valence-corrected chi connectivity index (χ2v) is 3.68. The number of alkyl halides is 3. The zero-order valence-electron chi connectivity index (χ0n) is 10.3. The van der Waals surface area contributed by atoms with Gasteiger partial charge in [-0.1, -0.05) is 0 Å². The summed E-state index contributed by atoms with van der Waals surface area (Å²) in [5, 5.41) is 1.74. The molecule has 1 N–H and O–H groups in total. The first kappa shape index (κ1) is 16.7. The number of carbonyl (C=O) groups excluding carboxylic acids is 2. The quantitative estimate of drug-likeness (QED) is 0.686. The number of hydrogen-bond acceptors (Lipinski definition) is 4. The summed E-state index contributed by atoms with van der Waals surface area (Å²) in [6.45, 7) is 0.645. The average molecular weight is 270 g/mol.